The second-order valence-corrected chi connectivity index (χ2v) is 8.23. The molecule has 2 aliphatic rings. The van der Waals surface area contributed by atoms with Crippen molar-refractivity contribution in [1.82, 2.24) is 9.78 Å². The predicted molar refractivity (Wildman–Crippen MR) is 117 cm³/mol. The van der Waals surface area contributed by atoms with Gasteiger partial charge in [-0.25, -0.2) is 9.07 Å². The molecule has 1 aliphatic heterocycles. The number of aromatic nitrogens is 2. The van der Waals surface area contributed by atoms with Crippen LogP contribution in [-0.2, 0) is 22.4 Å². The molecule has 162 valence electrons. The highest BCUT2D eigenvalue weighted by molar-refractivity contribution is 6.42. The number of Topliss-reactive ketones (excluding diaryl/α,β-unsaturated/α-hetero) is 1. The number of ketones is 1. The monoisotopic (exact) mass is 431 g/mol. The Hall–Kier alpha value is -3.58. The number of rotatable bonds is 6. The molecule has 1 amide bonds. The molecule has 0 spiro atoms. The molecule has 3 aromatic rings. The molecule has 0 radical (unpaired) electrons. The molecule has 1 saturated heterocycles. The van der Waals surface area contributed by atoms with Crippen molar-refractivity contribution in [3.05, 3.63) is 88.5 Å². The summed E-state index contributed by atoms with van der Waals surface area (Å²) < 4.78 is 21.4. The van der Waals surface area contributed by atoms with Crippen LogP contribution in [0.4, 0.5) is 4.39 Å². The van der Waals surface area contributed by atoms with Crippen molar-refractivity contribution in [1.29, 1.82) is 0 Å². The molecule has 6 nitrogen and oxygen atoms in total. The molecule has 0 bridgehead atoms. The molecule has 1 fully saturated rings. The Bertz CT molecular complexity index is 1250. The van der Waals surface area contributed by atoms with E-state index in [2.05, 4.69) is 11.2 Å². The van der Waals surface area contributed by atoms with Crippen LogP contribution in [0.5, 0.6) is 0 Å². The zero-order valence-corrected chi connectivity index (χ0v) is 17.4. The Balaban J connectivity index is 1.44. The molecule has 1 aliphatic carbocycles. The van der Waals surface area contributed by atoms with Gasteiger partial charge in [0.05, 0.1) is 29.8 Å². The van der Waals surface area contributed by atoms with Crippen molar-refractivity contribution in [3.63, 3.8) is 0 Å². The quantitative estimate of drug-likeness (QED) is 0.479. The Kier molecular flexibility index (Phi) is 4.98. The molecule has 1 atom stereocenters. The molecule has 1 unspecified atom stereocenters. The average molecular weight is 431 g/mol. The normalized spacial score (nSPS) is 19.2. The van der Waals surface area contributed by atoms with E-state index >= 15 is 0 Å². The Morgan fingerprint density at radius 2 is 1.94 bits per heavy atom. The van der Waals surface area contributed by atoms with Crippen LogP contribution < -0.4 is 5.73 Å². The largest absolute Gasteiger partial charge is 0.370 e. The van der Waals surface area contributed by atoms with Crippen molar-refractivity contribution in [2.75, 3.05) is 6.61 Å². The van der Waals surface area contributed by atoms with Crippen molar-refractivity contribution >= 4 is 17.8 Å². The molecule has 7 heteroatoms. The molecule has 2 heterocycles. The van der Waals surface area contributed by atoms with Crippen LogP contribution in [0, 0.1) is 5.82 Å². The second kappa shape index (κ2) is 7.84. The van der Waals surface area contributed by atoms with Crippen LogP contribution in [0.25, 0.3) is 11.8 Å². The molecule has 0 saturated carbocycles. The van der Waals surface area contributed by atoms with Gasteiger partial charge in [0, 0.05) is 17.5 Å². The van der Waals surface area contributed by atoms with Crippen LogP contribution >= 0.6 is 0 Å². The molecule has 1 aromatic heterocycles. The van der Waals surface area contributed by atoms with E-state index < -0.39 is 17.3 Å². The maximum absolute atomic E-state index is 13.3. The maximum Gasteiger partial charge on any atom is 0.289 e. The van der Waals surface area contributed by atoms with Gasteiger partial charge in [-0.1, -0.05) is 24.3 Å². The highest BCUT2D eigenvalue weighted by Crippen LogP contribution is 2.44. The number of halogens is 1. The summed E-state index contributed by atoms with van der Waals surface area (Å²) in [5.41, 5.74) is 9.92. The first-order chi connectivity index (χ1) is 15.5. The first-order valence-electron chi connectivity index (χ1n) is 10.6. The lowest BCUT2D eigenvalue weighted by atomic mass is 9.78. The van der Waals surface area contributed by atoms with E-state index in [-0.39, 0.29) is 5.82 Å². The number of nitrogens with two attached hydrogens (primary N) is 1. The lowest BCUT2D eigenvalue weighted by Crippen LogP contribution is -2.35. The van der Waals surface area contributed by atoms with Crippen LogP contribution in [-0.4, -0.2) is 33.7 Å². The first-order valence-corrected chi connectivity index (χ1v) is 10.6. The van der Waals surface area contributed by atoms with E-state index in [1.807, 2.05) is 23.0 Å². The summed E-state index contributed by atoms with van der Waals surface area (Å²) in [5.74, 6) is -1.91. The zero-order valence-electron chi connectivity index (χ0n) is 17.4. The summed E-state index contributed by atoms with van der Waals surface area (Å²) in [6, 6.07) is 13.3. The molecule has 32 heavy (non-hydrogen) atoms. The fraction of sp³-hybridized carbons (Fsp3) is 0.240. The number of hydrogen-bond donors (Lipinski definition) is 1. The number of primary amides is 1. The number of nitrogens with zero attached hydrogens (tertiary/aromatic N) is 2. The fourth-order valence-corrected chi connectivity index (χ4v) is 4.74. The summed E-state index contributed by atoms with van der Waals surface area (Å²) in [4.78, 5) is 23.6. The standard InChI is InChI=1S/C25H22FN3O3/c26-19-5-7-20(8-6-19)29-22-13-18-10-12-32-25(18,14-17(22)15-28-29)11-9-16-3-1-2-4-21(16)23(30)24(27)31/h1-8,13,15H,9-12,14H2,(H2,27,31). The molecule has 5 rings (SSSR count). The molecule has 2 N–H and O–H groups in total. The van der Waals surface area contributed by atoms with Crippen LogP contribution in [0.15, 0.2) is 60.3 Å². The first kappa shape index (κ1) is 20.3. The Morgan fingerprint density at radius 1 is 1.16 bits per heavy atom. The summed E-state index contributed by atoms with van der Waals surface area (Å²) in [6.45, 7) is 0.627. The number of carbonyl (C=O) groups excluding carboxylic acids is 2. The number of benzene rings is 2. The third-order valence-electron chi connectivity index (χ3n) is 6.36. The van der Waals surface area contributed by atoms with Gasteiger partial charge in [-0.05, 0) is 60.7 Å². The van der Waals surface area contributed by atoms with Crippen molar-refractivity contribution < 1.29 is 18.7 Å². The van der Waals surface area contributed by atoms with Gasteiger partial charge < -0.3 is 10.5 Å². The van der Waals surface area contributed by atoms with Gasteiger partial charge in [-0.2, -0.15) is 5.10 Å². The summed E-state index contributed by atoms with van der Waals surface area (Å²) in [6.07, 6.45) is 6.69. The van der Waals surface area contributed by atoms with Crippen LogP contribution in [0.2, 0.25) is 0 Å². The van der Waals surface area contributed by atoms with E-state index in [0.29, 0.717) is 31.4 Å². The summed E-state index contributed by atoms with van der Waals surface area (Å²) >= 11 is 0. The minimum atomic E-state index is -0.955. The van der Waals surface area contributed by atoms with Crippen molar-refractivity contribution in [3.8, 4) is 5.69 Å². The lowest BCUT2D eigenvalue weighted by molar-refractivity contribution is -0.114. The average Bonchev–Trinajstić information content (AvgIpc) is 3.39. The minimum absolute atomic E-state index is 0.286. The highest BCUT2D eigenvalue weighted by Gasteiger charge is 2.43. The number of carbonyl (C=O) groups is 2. The number of amides is 1. The minimum Gasteiger partial charge on any atom is -0.370 e. The molecular weight excluding hydrogens is 409 g/mol. The molecule has 2 aromatic carbocycles. The van der Waals surface area contributed by atoms with E-state index in [4.69, 9.17) is 10.5 Å². The Labute approximate surface area is 184 Å². The van der Waals surface area contributed by atoms with E-state index in [9.17, 15) is 14.0 Å². The van der Waals surface area contributed by atoms with Crippen LogP contribution in [0.1, 0.15) is 40.0 Å². The summed E-state index contributed by atoms with van der Waals surface area (Å²) in [5, 5.41) is 4.53. The lowest BCUT2D eigenvalue weighted by Gasteiger charge is -2.33. The number of aryl methyl sites for hydroxylation is 1. The Morgan fingerprint density at radius 3 is 2.72 bits per heavy atom. The summed E-state index contributed by atoms with van der Waals surface area (Å²) in [7, 11) is 0. The molecular formula is C25H22FN3O3. The van der Waals surface area contributed by atoms with E-state index in [0.717, 1.165) is 28.9 Å². The maximum atomic E-state index is 13.3. The second-order valence-electron chi connectivity index (χ2n) is 8.23. The SMILES string of the molecule is NC(=O)C(=O)c1ccccc1CCC12Cc3cnn(-c4ccc(F)cc4)c3C=C1CCO2. The number of fused-ring (bicyclic) bond motifs is 2. The third kappa shape index (κ3) is 3.44. The smallest absolute Gasteiger partial charge is 0.289 e. The van der Waals surface area contributed by atoms with Gasteiger partial charge in [0.25, 0.3) is 5.91 Å². The highest BCUT2D eigenvalue weighted by atomic mass is 19.1. The number of ether oxygens (including phenoxy) is 1. The third-order valence-corrected chi connectivity index (χ3v) is 6.36. The van der Waals surface area contributed by atoms with Crippen molar-refractivity contribution in [2.45, 2.75) is 31.3 Å². The van der Waals surface area contributed by atoms with Gasteiger partial charge >= 0.3 is 0 Å². The zero-order chi connectivity index (χ0) is 22.3. The van der Waals surface area contributed by atoms with E-state index in [1.54, 1.807) is 24.3 Å². The van der Waals surface area contributed by atoms with Gasteiger partial charge in [0.2, 0.25) is 5.78 Å². The van der Waals surface area contributed by atoms with Gasteiger partial charge in [-0.3, -0.25) is 9.59 Å². The van der Waals surface area contributed by atoms with E-state index in [1.165, 1.54) is 17.7 Å². The predicted octanol–water partition coefficient (Wildman–Crippen LogP) is 3.41. The van der Waals surface area contributed by atoms with Gasteiger partial charge in [0.1, 0.15) is 5.82 Å². The topological polar surface area (TPSA) is 87.2 Å². The fourth-order valence-electron chi connectivity index (χ4n) is 4.74. The van der Waals surface area contributed by atoms with Crippen LogP contribution in [0.3, 0.4) is 0 Å². The number of hydrogen-bond acceptors (Lipinski definition) is 4. The van der Waals surface area contributed by atoms with Gasteiger partial charge in [0.15, 0.2) is 0 Å². The van der Waals surface area contributed by atoms with Crippen molar-refractivity contribution in [2.24, 2.45) is 5.73 Å². The van der Waals surface area contributed by atoms with Gasteiger partial charge in [-0.15, -0.1) is 0 Å².